The summed E-state index contributed by atoms with van der Waals surface area (Å²) in [6.07, 6.45) is 0.653. The van der Waals surface area contributed by atoms with Crippen LogP contribution in [-0.4, -0.2) is 58.1 Å². The summed E-state index contributed by atoms with van der Waals surface area (Å²) in [7, 11) is -3.70. The van der Waals surface area contributed by atoms with Gasteiger partial charge in [0.25, 0.3) is 0 Å². The zero-order valence-corrected chi connectivity index (χ0v) is 18.7. The van der Waals surface area contributed by atoms with Gasteiger partial charge in [-0.1, -0.05) is 13.8 Å². The molecule has 1 N–H and O–H groups in total. The van der Waals surface area contributed by atoms with Crippen molar-refractivity contribution in [3.63, 3.8) is 0 Å². The molecule has 8 nitrogen and oxygen atoms in total. The normalized spacial score (nSPS) is 17.3. The van der Waals surface area contributed by atoms with Crippen LogP contribution in [0.2, 0.25) is 0 Å². The van der Waals surface area contributed by atoms with Crippen molar-refractivity contribution in [3.8, 4) is 0 Å². The van der Waals surface area contributed by atoms with Crippen LogP contribution >= 0.6 is 11.3 Å². The highest BCUT2D eigenvalue weighted by Crippen LogP contribution is 2.25. The lowest BCUT2D eigenvalue weighted by molar-refractivity contribution is -0.145. The number of hydrogen-bond donors (Lipinski definition) is 1. The van der Waals surface area contributed by atoms with Gasteiger partial charge in [0, 0.05) is 15.9 Å². The SMILES string of the molecule is CC(C)Cc1cc(B2OC(=O)CN(C)CC(=O)O2)c(S(=O)(=O)NC(C)(C)C)s1. The van der Waals surface area contributed by atoms with Crippen molar-refractivity contribution < 1.29 is 27.3 Å². The van der Waals surface area contributed by atoms with E-state index in [0.29, 0.717) is 12.3 Å². The van der Waals surface area contributed by atoms with Crippen LogP contribution in [0.4, 0.5) is 0 Å². The summed E-state index contributed by atoms with van der Waals surface area (Å²) < 4.78 is 39.2. The molecule has 2 rings (SSSR count). The molecule has 1 fully saturated rings. The van der Waals surface area contributed by atoms with Crippen molar-refractivity contribution in [1.82, 2.24) is 9.62 Å². The van der Waals surface area contributed by atoms with E-state index >= 15 is 0 Å². The average Bonchev–Trinajstić information content (AvgIpc) is 2.86. The molecule has 1 aromatic heterocycles. The molecule has 156 valence electrons. The highest BCUT2D eigenvalue weighted by atomic mass is 32.2. The van der Waals surface area contributed by atoms with Gasteiger partial charge in [0.15, 0.2) is 0 Å². The summed E-state index contributed by atoms with van der Waals surface area (Å²) in [4.78, 5) is 26.5. The third kappa shape index (κ3) is 6.30. The summed E-state index contributed by atoms with van der Waals surface area (Å²) in [6, 6.07) is 1.65. The molecule has 0 unspecified atom stereocenters. The Morgan fingerprint density at radius 1 is 1.21 bits per heavy atom. The molecule has 0 aliphatic carbocycles. The van der Waals surface area contributed by atoms with Crippen LogP contribution in [0.3, 0.4) is 0 Å². The van der Waals surface area contributed by atoms with Gasteiger partial charge in [-0.3, -0.25) is 14.5 Å². The van der Waals surface area contributed by atoms with Gasteiger partial charge in [0.05, 0.1) is 13.1 Å². The fourth-order valence-electron chi connectivity index (χ4n) is 2.73. The number of carbonyl (C=O) groups is 2. The second kappa shape index (κ2) is 8.52. The fraction of sp³-hybridized carbons (Fsp3) is 0.647. The Morgan fingerprint density at radius 3 is 2.21 bits per heavy atom. The number of sulfonamides is 1. The van der Waals surface area contributed by atoms with Crippen LogP contribution in [0.25, 0.3) is 0 Å². The number of likely N-dealkylation sites (N-methyl/N-ethyl adjacent to an activating group) is 1. The Hall–Kier alpha value is -1.43. The van der Waals surface area contributed by atoms with Crippen LogP contribution in [0, 0.1) is 5.92 Å². The van der Waals surface area contributed by atoms with E-state index in [1.807, 2.05) is 13.8 Å². The molecule has 1 aliphatic rings. The number of rotatable bonds is 5. The smallest absolute Gasteiger partial charge is 0.494 e. The van der Waals surface area contributed by atoms with Crippen molar-refractivity contribution in [2.75, 3.05) is 20.1 Å². The van der Waals surface area contributed by atoms with Gasteiger partial charge in [0.1, 0.15) is 4.21 Å². The third-order valence-electron chi connectivity index (χ3n) is 3.60. The number of thiophene rings is 1. The number of nitrogens with zero attached hydrogens (tertiary/aromatic N) is 1. The second-order valence-corrected chi connectivity index (χ2v) is 11.4. The van der Waals surface area contributed by atoms with Crippen LogP contribution in [-0.2, 0) is 35.3 Å². The van der Waals surface area contributed by atoms with E-state index in [1.54, 1.807) is 33.9 Å². The Bertz CT molecular complexity index is 824. The number of hydrogen-bond acceptors (Lipinski definition) is 8. The molecule has 0 spiro atoms. The summed E-state index contributed by atoms with van der Waals surface area (Å²) in [5.74, 6) is -0.888. The summed E-state index contributed by atoms with van der Waals surface area (Å²) in [5, 5.41) is 0. The first-order valence-electron chi connectivity index (χ1n) is 9.01. The van der Waals surface area contributed by atoms with Gasteiger partial charge < -0.3 is 9.31 Å². The van der Waals surface area contributed by atoms with Gasteiger partial charge in [-0.05, 0) is 46.2 Å². The van der Waals surface area contributed by atoms with Crippen LogP contribution in [0.15, 0.2) is 10.3 Å². The van der Waals surface area contributed by atoms with Gasteiger partial charge in [0.2, 0.25) is 10.0 Å². The molecule has 0 atom stereocenters. The van der Waals surface area contributed by atoms with Gasteiger partial charge in [-0.25, -0.2) is 13.1 Å². The largest absolute Gasteiger partial charge is 0.638 e. The molecule has 1 aliphatic heterocycles. The van der Waals surface area contributed by atoms with E-state index in [4.69, 9.17) is 9.31 Å². The Kier molecular flexibility index (Phi) is 6.96. The van der Waals surface area contributed by atoms with E-state index in [1.165, 1.54) is 4.90 Å². The summed E-state index contributed by atoms with van der Waals surface area (Å²) in [5.41, 5.74) is -0.529. The maximum atomic E-state index is 13.0. The molecule has 0 aromatic carbocycles. The third-order valence-corrected chi connectivity index (χ3v) is 7.08. The molecule has 28 heavy (non-hydrogen) atoms. The van der Waals surface area contributed by atoms with Crippen LogP contribution in [0.1, 0.15) is 39.5 Å². The average molecular weight is 430 g/mol. The van der Waals surface area contributed by atoms with E-state index in [2.05, 4.69) is 4.72 Å². The Morgan fingerprint density at radius 2 is 1.75 bits per heavy atom. The molecular weight excluding hydrogens is 403 g/mol. The molecule has 0 radical (unpaired) electrons. The number of carbonyl (C=O) groups excluding carboxylic acids is 2. The van der Waals surface area contributed by atoms with E-state index in [0.717, 1.165) is 16.2 Å². The van der Waals surface area contributed by atoms with Crippen molar-refractivity contribution in [2.24, 2.45) is 5.92 Å². The quantitative estimate of drug-likeness (QED) is 0.688. The monoisotopic (exact) mass is 430 g/mol. The van der Waals surface area contributed by atoms with Gasteiger partial charge in [-0.15, -0.1) is 11.3 Å². The first-order chi connectivity index (χ1) is 12.8. The highest BCUT2D eigenvalue weighted by Gasteiger charge is 2.40. The molecule has 2 heterocycles. The standard InChI is InChI=1S/C17H27BN2O6S2/c1-11(2)7-12-8-13(16(27-12)28(23,24)19-17(3,4)5)18-25-14(21)9-20(6)10-15(22)26-18/h8,11,19H,7,9-10H2,1-6H3. The minimum absolute atomic E-state index is 0.00222. The molecule has 1 saturated heterocycles. The maximum absolute atomic E-state index is 13.0. The summed E-state index contributed by atoms with van der Waals surface area (Å²) in [6.45, 7) is 9.07. The molecule has 0 saturated carbocycles. The predicted octanol–water partition coefficient (Wildman–Crippen LogP) is 0.750. The molecular formula is C17H27BN2O6S2. The molecule has 1 aromatic rings. The van der Waals surface area contributed by atoms with Crippen LogP contribution in [0.5, 0.6) is 0 Å². The van der Waals surface area contributed by atoms with E-state index in [9.17, 15) is 18.0 Å². The summed E-state index contributed by atoms with van der Waals surface area (Å²) >= 11 is 1.10. The zero-order valence-electron chi connectivity index (χ0n) is 17.1. The first-order valence-corrected chi connectivity index (χ1v) is 11.3. The number of nitrogens with one attached hydrogen (secondary N) is 1. The Labute approximate surface area is 170 Å². The minimum atomic E-state index is -3.90. The van der Waals surface area contributed by atoms with Gasteiger partial charge >= 0.3 is 19.1 Å². The van der Waals surface area contributed by atoms with Crippen LogP contribution < -0.4 is 10.2 Å². The first kappa shape index (κ1) is 22.9. The zero-order chi connectivity index (χ0) is 21.3. The fourth-order valence-corrected chi connectivity index (χ4v) is 6.09. The lowest BCUT2D eigenvalue weighted by Gasteiger charge is -2.23. The van der Waals surface area contributed by atoms with Crippen molar-refractivity contribution in [1.29, 1.82) is 0 Å². The van der Waals surface area contributed by atoms with Crippen molar-refractivity contribution in [3.05, 3.63) is 10.9 Å². The van der Waals surface area contributed by atoms with E-state index < -0.39 is 34.6 Å². The van der Waals surface area contributed by atoms with Crippen molar-refractivity contribution >= 4 is 45.9 Å². The lowest BCUT2D eigenvalue weighted by atomic mass is 9.80. The molecule has 0 amide bonds. The van der Waals surface area contributed by atoms with Crippen molar-refractivity contribution in [2.45, 2.75) is 50.8 Å². The highest BCUT2D eigenvalue weighted by molar-refractivity contribution is 7.92. The Balaban J connectivity index is 2.50. The lowest BCUT2D eigenvalue weighted by Crippen LogP contribution is -2.50. The van der Waals surface area contributed by atoms with Gasteiger partial charge in [-0.2, -0.15) is 0 Å². The van der Waals surface area contributed by atoms with E-state index in [-0.39, 0.29) is 22.8 Å². The maximum Gasteiger partial charge on any atom is 0.638 e. The molecule has 11 heteroatoms. The molecule has 0 bridgehead atoms. The topological polar surface area (TPSA) is 102 Å². The minimum Gasteiger partial charge on any atom is -0.494 e. The second-order valence-electron chi connectivity index (χ2n) is 8.39. The predicted molar refractivity (Wildman–Crippen MR) is 108 cm³/mol.